The van der Waals surface area contributed by atoms with Crippen LogP contribution in [0, 0.1) is 5.92 Å². The second-order valence-electron chi connectivity index (χ2n) is 9.08. The van der Waals surface area contributed by atoms with Gasteiger partial charge in [0.1, 0.15) is 11.7 Å². The second kappa shape index (κ2) is 8.83. The minimum Gasteiger partial charge on any atom is -0.345 e. The van der Waals surface area contributed by atoms with Crippen molar-refractivity contribution in [1.29, 1.82) is 0 Å². The van der Waals surface area contributed by atoms with Gasteiger partial charge in [-0.25, -0.2) is 9.97 Å². The molecule has 7 nitrogen and oxygen atoms in total. The first-order valence-electron chi connectivity index (χ1n) is 11.4. The molecule has 1 saturated heterocycles. The number of likely N-dealkylation sites (tertiary alicyclic amines) is 1. The van der Waals surface area contributed by atoms with Crippen molar-refractivity contribution in [3.05, 3.63) is 42.5 Å². The molecule has 1 fully saturated rings. The van der Waals surface area contributed by atoms with E-state index in [-0.39, 0.29) is 5.95 Å². The molecule has 0 aliphatic carbocycles. The van der Waals surface area contributed by atoms with Crippen molar-refractivity contribution in [3.63, 3.8) is 0 Å². The molecule has 0 bridgehead atoms. The third kappa shape index (κ3) is 4.68. The highest BCUT2D eigenvalue weighted by atomic mass is 19.4. The van der Waals surface area contributed by atoms with E-state index in [0.29, 0.717) is 11.6 Å². The summed E-state index contributed by atoms with van der Waals surface area (Å²) in [6.07, 6.45) is 4.08. The maximum Gasteiger partial charge on any atom is 0.408 e. The third-order valence-electron chi connectivity index (χ3n) is 6.51. The van der Waals surface area contributed by atoms with Crippen LogP contribution in [-0.4, -0.2) is 62.2 Å². The summed E-state index contributed by atoms with van der Waals surface area (Å²) < 4.78 is 38.5. The van der Waals surface area contributed by atoms with Crippen molar-refractivity contribution in [1.82, 2.24) is 29.8 Å². The lowest BCUT2D eigenvalue weighted by Gasteiger charge is -2.28. The van der Waals surface area contributed by atoms with E-state index in [9.17, 15) is 13.2 Å². The van der Waals surface area contributed by atoms with Crippen LogP contribution in [0.5, 0.6) is 0 Å². The number of nitrogens with one attached hydrogen (secondary N) is 2. The van der Waals surface area contributed by atoms with Crippen LogP contribution in [0.15, 0.2) is 36.8 Å². The first kappa shape index (κ1) is 22.5. The molecule has 1 aliphatic heterocycles. The Balaban J connectivity index is 1.40. The SMILES string of the molecule is C[C@@H](Nc1ncc2c(-c3ccc4ncc(CC5CCN(C)CC5)nc4c3)c[nH]c2n1)C(F)(F)F. The van der Waals surface area contributed by atoms with Gasteiger partial charge in [-0.15, -0.1) is 0 Å². The Morgan fingerprint density at radius 1 is 1.12 bits per heavy atom. The van der Waals surface area contributed by atoms with Gasteiger partial charge in [-0.3, -0.25) is 4.98 Å². The maximum atomic E-state index is 12.8. The zero-order chi connectivity index (χ0) is 23.9. The van der Waals surface area contributed by atoms with Crippen LogP contribution in [0.1, 0.15) is 25.5 Å². The van der Waals surface area contributed by atoms with Gasteiger partial charge in [-0.2, -0.15) is 18.2 Å². The molecule has 1 aromatic carbocycles. The molecule has 5 rings (SSSR count). The quantitative estimate of drug-likeness (QED) is 0.436. The number of aromatic nitrogens is 5. The summed E-state index contributed by atoms with van der Waals surface area (Å²) in [5.74, 6) is 0.549. The molecule has 34 heavy (non-hydrogen) atoms. The van der Waals surface area contributed by atoms with Gasteiger partial charge in [-0.1, -0.05) is 6.07 Å². The summed E-state index contributed by atoms with van der Waals surface area (Å²) in [6, 6.07) is 4.12. The monoisotopic (exact) mass is 469 g/mol. The normalized spacial score (nSPS) is 16.9. The first-order chi connectivity index (χ1) is 16.3. The molecular weight excluding hydrogens is 443 g/mol. The van der Waals surface area contributed by atoms with Crippen LogP contribution in [0.3, 0.4) is 0 Å². The van der Waals surface area contributed by atoms with E-state index in [1.165, 1.54) is 19.0 Å². The van der Waals surface area contributed by atoms with Crippen molar-refractivity contribution in [2.75, 3.05) is 25.5 Å². The van der Waals surface area contributed by atoms with Crippen molar-refractivity contribution in [2.24, 2.45) is 5.92 Å². The number of aromatic amines is 1. The van der Waals surface area contributed by atoms with Crippen LogP contribution in [0.4, 0.5) is 19.1 Å². The zero-order valence-electron chi connectivity index (χ0n) is 19.0. The van der Waals surface area contributed by atoms with E-state index in [4.69, 9.17) is 4.98 Å². The zero-order valence-corrected chi connectivity index (χ0v) is 19.0. The van der Waals surface area contributed by atoms with E-state index >= 15 is 0 Å². The van der Waals surface area contributed by atoms with E-state index < -0.39 is 12.2 Å². The third-order valence-corrected chi connectivity index (χ3v) is 6.51. The van der Waals surface area contributed by atoms with Crippen LogP contribution in [0.25, 0.3) is 33.2 Å². The molecule has 178 valence electrons. The van der Waals surface area contributed by atoms with Gasteiger partial charge in [0.2, 0.25) is 5.95 Å². The van der Waals surface area contributed by atoms with Gasteiger partial charge in [0.15, 0.2) is 0 Å². The highest BCUT2D eigenvalue weighted by molar-refractivity contribution is 5.95. The van der Waals surface area contributed by atoms with Crippen LogP contribution >= 0.6 is 0 Å². The molecule has 10 heteroatoms. The number of rotatable bonds is 5. The number of alkyl halides is 3. The molecule has 0 spiro atoms. The molecule has 2 N–H and O–H groups in total. The van der Waals surface area contributed by atoms with Crippen molar-refractivity contribution in [3.8, 4) is 11.1 Å². The highest BCUT2D eigenvalue weighted by Crippen LogP contribution is 2.30. The average Bonchev–Trinajstić information content (AvgIpc) is 3.23. The summed E-state index contributed by atoms with van der Waals surface area (Å²) in [6.45, 7) is 3.26. The predicted octanol–water partition coefficient (Wildman–Crippen LogP) is 4.82. The minimum absolute atomic E-state index is 0.0753. The van der Waals surface area contributed by atoms with Crippen molar-refractivity contribution >= 4 is 28.0 Å². The molecule has 3 aromatic heterocycles. The molecule has 0 unspecified atom stereocenters. The number of piperidine rings is 1. The summed E-state index contributed by atoms with van der Waals surface area (Å²) in [5.41, 5.74) is 4.86. The van der Waals surface area contributed by atoms with Gasteiger partial charge < -0.3 is 15.2 Å². The van der Waals surface area contributed by atoms with Crippen LogP contribution in [0.2, 0.25) is 0 Å². The Morgan fingerprint density at radius 3 is 2.68 bits per heavy atom. The first-order valence-corrected chi connectivity index (χ1v) is 11.4. The largest absolute Gasteiger partial charge is 0.408 e. The predicted molar refractivity (Wildman–Crippen MR) is 125 cm³/mol. The molecule has 1 atom stereocenters. The van der Waals surface area contributed by atoms with Gasteiger partial charge in [-0.05, 0) is 69.9 Å². The Hall–Kier alpha value is -3.27. The standard InChI is InChI=1S/C24H26F3N7/c1-14(24(25,26)27)31-23-30-13-19-18(12-29-22(19)33-23)16-3-4-20-21(10-16)32-17(11-28-20)9-15-5-7-34(2)8-6-15/h3-4,10-15H,5-9H2,1-2H3,(H2,29,30,31,33)/t14-/m1/s1. The molecule has 0 amide bonds. The van der Waals surface area contributed by atoms with Gasteiger partial charge in [0.25, 0.3) is 0 Å². The lowest BCUT2D eigenvalue weighted by Crippen LogP contribution is -2.33. The van der Waals surface area contributed by atoms with Gasteiger partial charge in [0.05, 0.1) is 16.7 Å². The highest BCUT2D eigenvalue weighted by Gasteiger charge is 2.36. The number of nitrogens with zero attached hydrogens (tertiary/aromatic N) is 5. The maximum absolute atomic E-state index is 12.8. The summed E-state index contributed by atoms with van der Waals surface area (Å²) >= 11 is 0. The lowest BCUT2D eigenvalue weighted by molar-refractivity contribution is -0.138. The van der Waals surface area contributed by atoms with Crippen LogP contribution < -0.4 is 5.32 Å². The summed E-state index contributed by atoms with van der Waals surface area (Å²) in [7, 11) is 2.16. The fraction of sp³-hybridized carbons (Fsp3) is 0.417. The number of H-pyrrole nitrogens is 1. The lowest BCUT2D eigenvalue weighted by atomic mass is 9.92. The Bertz CT molecular complexity index is 1310. The number of hydrogen-bond acceptors (Lipinski definition) is 6. The Morgan fingerprint density at radius 2 is 1.91 bits per heavy atom. The average molecular weight is 470 g/mol. The molecule has 4 heterocycles. The van der Waals surface area contributed by atoms with E-state index in [1.54, 1.807) is 6.20 Å². The Labute approximate surface area is 194 Å². The van der Waals surface area contributed by atoms with Gasteiger partial charge >= 0.3 is 6.18 Å². The van der Waals surface area contributed by atoms with E-state index in [2.05, 4.69) is 37.2 Å². The molecule has 0 radical (unpaired) electrons. The van der Waals surface area contributed by atoms with Gasteiger partial charge in [0, 0.05) is 29.5 Å². The topological polar surface area (TPSA) is 82.6 Å². The number of benzene rings is 1. The number of hydrogen-bond donors (Lipinski definition) is 2. The minimum atomic E-state index is -4.38. The Kier molecular flexibility index (Phi) is 5.85. The smallest absolute Gasteiger partial charge is 0.345 e. The van der Waals surface area contributed by atoms with Crippen molar-refractivity contribution < 1.29 is 13.2 Å². The summed E-state index contributed by atoms with van der Waals surface area (Å²) in [5, 5.41) is 3.02. The number of anilines is 1. The second-order valence-corrected chi connectivity index (χ2v) is 9.08. The number of halogens is 3. The fourth-order valence-corrected chi connectivity index (χ4v) is 4.37. The number of fused-ring (bicyclic) bond motifs is 2. The summed E-state index contributed by atoms with van der Waals surface area (Å²) in [4.78, 5) is 23.2. The van der Waals surface area contributed by atoms with E-state index in [0.717, 1.165) is 59.7 Å². The molecule has 4 aromatic rings. The fourth-order valence-electron chi connectivity index (χ4n) is 4.37. The van der Waals surface area contributed by atoms with Crippen molar-refractivity contribution in [2.45, 2.75) is 38.4 Å². The molecule has 0 saturated carbocycles. The van der Waals surface area contributed by atoms with E-state index in [1.807, 2.05) is 24.4 Å². The molecule has 1 aliphatic rings. The molecular formula is C24H26F3N7. The van der Waals surface area contributed by atoms with Crippen LogP contribution in [-0.2, 0) is 6.42 Å².